The van der Waals surface area contributed by atoms with Crippen molar-refractivity contribution in [3.63, 3.8) is 0 Å². The second-order valence-corrected chi connectivity index (χ2v) is 9.27. The second-order valence-electron chi connectivity index (χ2n) is 8.84. The first kappa shape index (κ1) is 22.5. The zero-order chi connectivity index (χ0) is 24.6. The lowest BCUT2D eigenvalue weighted by Crippen LogP contribution is -2.24. The third-order valence-electron chi connectivity index (χ3n) is 6.61. The number of benzene rings is 2. The minimum Gasteiger partial charge on any atom is -0.343 e. The number of rotatable bonds is 7. The molecular formula is C28H23ClFN5O. The molecule has 8 heteroatoms. The van der Waals surface area contributed by atoms with Gasteiger partial charge in [-0.05, 0) is 67.4 Å². The molecule has 6 aromatic rings. The molecule has 0 aliphatic rings. The quantitative estimate of drug-likeness (QED) is 0.248. The summed E-state index contributed by atoms with van der Waals surface area (Å²) in [5.41, 5.74) is 4.99. The fourth-order valence-corrected chi connectivity index (χ4v) is 5.11. The number of imidazole rings is 1. The summed E-state index contributed by atoms with van der Waals surface area (Å²) in [5, 5.41) is 2.61. The Hall–Kier alpha value is -3.97. The van der Waals surface area contributed by atoms with Gasteiger partial charge < -0.3 is 4.57 Å². The lowest BCUT2D eigenvalue weighted by atomic mass is 10.2. The maximum absolute atomic E-state index is 13.9. The molecule has 0 spiro atoms. The Labute approximate surface area is 211 Å². The molecule has 6 rings (SSSR count). The van der Waals surface area contributed by atoms with Gasteiger partial charge in [-0.15, -0.1) is 0 Å². The molecule has 6 nitrogen and oxygen atoms in total. The van der Waals surface area contributed by atoms with E-state index in [4.69, 9.17) is 11.6 Å². The number of halogens is 2. The maximum atomic E-state index is 13.9. The summed E-state index contributed by atoms with van der Waals surface area (Å²) in [5.74, 6) is 0. The summed E-state index contributed by atoms with van der Waals surface area (Å²) in [6, 6.07) is 19.4. The van der Waals surface area contributed by atoms with Crippen LogP contribution in [-0.2, 0) is 13.1 Å². The fraction of sp³-hybridized carbons (Fsp3) is 0.179. The van der Waals surface area contributed by atoms with Crippen LogP contribution in [-0.4, -0.2) is 30.3 Å². The van der Waals surface area contributed by atoms with Crippen LogP contribution in [0.4, 0.5) is 4.39 Å². The maximum Gasteiger partial charge on any atom is 0.334 e. The van der Waals surface area contributed by atoms with Crippen LogP contribution in [0, 0.1) is 0 Å². The molecule has 4 heterocycles. The standard InChI is InChI=1S/C28H23ClFN5O/c29-21-5-8-25-20(14-21)16-23(33(25)13-2-1-10-30)18-34-27-17-31-12-9-26(27)35(28(34)36)22-6-7-24-19(15-22)4-3-11-32-24/h3-9,11-12,14-17H,1-2,10,13,18H2. The zero-order valence-corrected chi connectivity index (χ0v) is 20.2. The number of aryl methyl sites for hydroxylation is 1. The number of hydrogen-bond acceptors (Lipinski definition) is 3. The molecule has 36 heavy (non-hydrogen) atoms. The number of alkyl halides is 1. The van der Waals surface area contributed by atoms with Gasteiger partial charge in [-0.3, -0.25) is 23.5 Å². The van der Waals surface area contributed by atoms with E-state index in [1.54, 1.807) is 27.7 Å². The molecule has 0 N–H and O–H groups in total. The molecule has 4 aromatic heterocycles. The minimum absolute atomic E-state index is 0.153. The van der Waals surface area contributed by atoms with Crippen molar-refractivity contribution in [3.8, 4) is 5.69 Å². The lowest BCUT2D eigenvalue weighted by Gasteiger charge is -2.11. The first-order chi connectivity index (χ1) is 17.6. The van der Waals surface area contributed by atoms with E-state index in [1.807, 2.05) is 54.6 Å². The number of unbranched alkanes of at least 4 members (excludes halogenated alkanes) is 1. The molecule has 0 aliphatic heterocycles. The van der Waals surface area contributed by atoms with Crippen LogP contribution in [0.15, 0.2) is 84.0 Å². The largest absolute Gasteiger partial charge is 0.343 e. The molecule has 0 saturated carbocycles. The molecule has 0 saturated heterocycles. The molecule has 0 fully saturated rings. The Morgan fingerprint density at radius 3 is 2.67 bits per heavy atom. The highest BCUT2D eigenvalue weighted by molar-refractivity contribution is 6.31. The number of fused-ring (bicyclic) bond motifs is 3. The van der Waals surface area contributed by atoms with Crippen molar-refractivity contribution in [2.24, 2.45) is 0 Å². The first-order valence-corrected chi connectivity index (χ1v) is 12.3. The highest BCUT2D eigenvalue weighted by atomic mass is 35.5. The molecule has 0 amide bonds. The number of aromatic nitrogens is 5. The summed E-state index contributed by atoms with van der Waals surface area (Å²) in [6.07, 6.45) is 6.38. The summed E-state index contributed by atoms with van der Waals surface area (Å²) >= 11 is 6.25. The zero-order valence-electron chi connectivity index (χ0n) is 19.4. The third kappa shape index (κ3) is 3.85. The second kappa shape index (κ2) is 9.24. The molecule has 0 atom stereocenters. The smallest absolute Gasteiger partial charge is 0.334 e. The number of pyridine rings is 2. The van der Waals surface area contributed by atoms with Gasteiger partial charge in [-0.1, -0.05) is 17.7 Å². The fourth-order valence-electron chi connectivity index (χ4n) is 4.93. The molecule has 0 radical (unpaired) electrons. The van der Waals surface area contributed by atoms with Gasteiger partial charge in [-0.25, -0.2) is 4.79 Å². The van der Waals surface area contributed by atoms with Gasteiger partial charge in [0.2, 0.25) is 0 Å². The Kier molecular flexibility index (Phi) is 5.77. The van der Waals surface area contributed by atoms with Gasteiger partial charge in [-0.2, -0.15) is 0 Å². The SMILES string of the molecule is O=c1n(Cc2cc3cc(Cl)ccc3n2CCCCF)c2cnccc2n1-c1ccc2ncccc2c1. The Balaban J connectivity index is 1.51. The predicted octanol–water partition coefficient (Wildman–Crippen LogP) is 6.14. The Morgan fingerprint density at radius 1 is 0.861 bits per heavy atom. The van der Waals surface area contributed by atoms with Crippen molar-refractivity contribution < 1.29 is 4.39 Å². The molecule has 0 aliphatic carbocycles. The summed E-state index contributed by atoms with van der Waals surface area (Å²) in [6.45, 7) is 0.666. The van der Waals surface area contributed by atoms with E-state index in [1.165, 1.54) is 0 Å². The van der Waals surface area contributed by atoms with E-state index in [0.29, 0.717) is 31.0 Å². The van der Waals surface area contributed by atoms with Crippen LogP contribution in [0.2, 0.25) is 5.02 Å². The van der Waals surface area contributed by atoms with E-state index < -0.39 is 0 Å². The van der Waals surface area contributed by atoms with Crippen molar-refractivity contribution in [1.82, 2.24) is 23.7 Å². The van der Waals surface area contributed by atoms with Gasteiger partial charge in [0.05, 0.1) is 41.7 Å². The van der Waals surface area contributed by atoms with Crippen LogP contribution in [0.3, 0.4) is 0 Å². The van der Waals surface area contributed by atoms with Gasteiger partial charge >= 0.3 is 5.69 Å². The Morgan fingerprint density at radius 2 is 1.78 bits per heavy atom. The Bertz CT molecular complexity index is 1780. The number of hydrogen-bond donors (Lipinski definition) is 0. The summed E-state index contributed by atoms with van der Waals surface area (Å²) in [4.78, 5) is 22.6. The highest BCUT2D eigenvalue weighted by Crippen LogP contribution is 2.26. The average Bonchev–Trinajstić information content (AvgIpc) is 3.37. The van der Waals surface area contributed by atoms with Gasteiger partial charge in [0, 0.05) is 45.9 Å². The first-order valence-electron chi connectivity index (χ1n) is 11.9. The highest BCUT2D eigenvalue weighted by Gasteiger charge is 2.18. The third-order valence-corrected chi connectivity index (χ3v) is 6.85. The van der Waals surface area contributed by atoms with Crippen LogP contribution in [0.5, 0.6) is 0 Å². The number of nitrogens with zero attached hydrogens (tertiary/aromatic N) is 5. The summed E-state index contributed by atoms with van der Waals surface area (Å²) in [7, 11) is 0. The van der Waals surface area contributed by atoms with Crippen LogP contribution < -0.4 is 5.69 Å². The lowest BCUT2D eigenvalue weighted by molar-refractivity contribution is 0.447. The normalized spacial score (nSPS) is 11.7. The van der Waals surface area contributed by atoms with Gasteiger partial charge in [0.25, 0.3) is 0 Å². The van der Waals surface area contributed by atoms with Crippen molar-refractivity contribution in [1.29, 1.82) is 0 Å². The van der Waals surface area contributed by atoms with E-state index >= 15 is 0 Å². The van der Waals surface area contributed by atoms with Crippen molar-refractivity contribution in [2.75, 3.05) is 6.67 Å². The minimum atomic E-state index is -0.347. The van der Waals surface area contributed by atoms with Crippen molar-refractivity contribution in [3.05, 3.63) is 100 Å². The van der Waals surface area contributed by atoms with E-state index in [0.717, 1.165) is 44.2 Å². The molecular weight excluding hydrogens is 477 g/mol. The molecule has 0 unspecified atom stereocenters. The summed E-state index contributed by atoms with van der Waals surface area (Å²) < 4.78 is 18.5. The van der Waals surface area contributed by atoms with E-state index in [2.05, 4.69) is 20.6 Å². The van der Waals surface area contributed by atoms with Crippen molar-refractivity contribution >= 4 is 44.4 Å². The topological polar surface area (TPSA) is 57.6 Å². The molecule has 2 aromatic carbocycles. The monoisotopic (exact) mass is 499 g/mol. The van der Waals surface area contributed by atoms with E-state index in [9.17, 15) is 9.18 Å². The van der Waals surface area contributed by atoms with Gasteiger partial charge in [0.1, 0.15) is 0 Å². The van der Waals surface area contributed by atoms with Crippen LogP contribution in [0.1, 0.15) is 18.5 Å². The van der Waals surface area contributed by atoms with Crippen LogP contribution in [0.25, 0.3) is 38.5 Å². The average molecular weight is 500 g/mol. The molecule has 0 bridgehead atoms. The van der Waals surface area contributed by atoms with Crippen molar-refractivity contribution in [2.45, 2.75) is 25.9 Å². The predicted molar refractivity (Wildman–Crippen MR) is 142 cm³/mol. The molecule has 180 valence electrons. The van der Waals surface area contributed by atoms with E-state index in [-0.39, 0.29) is 12.4 Å². The van der Waals surface area contributed by atoms with Gasteiger partial charge in [0.15, 0.2) is 0 Å². The van der Waals surface area contributed by atoms with Crippen LogP contribution >= 0.6 is 11.6 Å².